The molecular formula is C19H21ClN4O2. The molecule has 0 bridgehead atoms. The summed E-state index contributed by atoms with van der Waals surface area (Å²) in [5, 5.41) is 3.44. The number of carbonyl (C=O) groups is 2. The Hall–Kier alpha value is -2.44. The summed E-state index contributed by atoms with van der Waals surface area (Å²) in [5.74, 6) is -0.0706. The summed E-state index contributed by atoms with van der Waals surface area (Å²) in [6, 6.07) is 10.5. The molecule has 1 aromatic heterocycles. The van der Waals surface area contributed by atoms with Gasteiger partial charge in [-0.05, 0) is 36.8 Å². The molecular weight excluding hydrogens is 352 g/mol. The summed E-state index contributed by atoms with van der Waals surface area (Å²) in [7, 11) is 0. The van der Waals surface area contributed by atoms with Gasteiger partial charge in [-0.2, -0.15) is 0 Å². The van der Waals surface area contributed by atoms with Crippen molar-refractivity contribution < 1.29 is 9.59 Å². The SMILES string of the molecule is O=C(CN1CCCN(C(=O)c2ccncc2)CC1)Nc1cccc(Cl)c1. The summed E-state index contributed by atoms with van der Waals surface area (Å²) < 4.78 is 0. The Bertz CT molecular complexity index is 769. The summed E-state index contributed by atoms with van der Waals surface area (Å²) in [6.07, 6.45) is 4.08. The number of nitrogens with one attached hydrogen (secondary N) is 1. The highest BCUT2D eigenvalue weighted by molar-refractivity contribution is 6.30. The fraction of sp³-hybridized carbons (Fsp3) is 0.316. The molecule has 0 atom stereocenters. The predicted octanol–water partition coefficient (Wildman–Crippen LogP) is 2.52. The highest BCUT2D eigenvalue weighted by Gasteiger charge is 2.21. The molecule has 26 heavy (non-hydrogen) atoms. The number of aromatic nitrogens is 1. The van der Waals surface area contributed by atoms with Crippen LogP contribution in [0.1, 0.15) is 16.8 Å². The number of hydrogen-bond acceptors (Lipinski definition) is 4. The Morgan fingerprint density at radius 3 is 2.65 bits per heavy atom. The van der Waals surface area contributed by atoms with E-state index in [0.29, 0.717) is 42.5 Å². The quantitative estimate of drug-likeness (QED) is 0.895. The van der Waals surface area contributed by atoms with Crippen molar-refractivity contribution in [3.05, 3.63) is 59.4 Å². The van der Waals surface area contributed by atoms with Crippen molar-refractivity contribution in [2.75, 3.05) is 38.0 Å². The fourth-order valence-electron chi connectivity index (χ4n) is 2.98. The molecule has 0 aliphatic carbocycles. The van der Waals surface area contributed by atoms with Crippen LogP contribution in [0.15, 0.2) is 48.8 Å². The molecule has 1 aliphatic heterocycles. The molecule has 1 N–H and O–H groups in total. The lowest BCUT2D eigenvalue weighted by Crippen LogP contribution is -2.38. The third kappa shape index (κ3) is 5.03. The highest BCUT2D eigenvalue weighted by atomic mass is 35.5. The van der Waals surface area contributed by atoms with Gasteiger partial charge in [0.2, 0.25) is 5.91 Å². The molecule has 136 valence electrons. The molecule has 1 fully saturated rings. The van der Waals surface area contributed by atoms with Crippen molar-refractivity contribution in [1.82, 2.24) is 14.8 Å². The van der Waals surface area contributed by atoms with Gasteiger partial charge in [0.1, 0.15) is 0 Å². The minimum absolute atomic E-state index is 0.0117. The van der Waals surface area contributed by atoms with E-state index in [4.69, 9.17) is 11.6 Å². The molecule has 0 radical (unpaired) electrons. The van der Waals surface area contributed by atoms with Crippen molar-refractivity contribution in [1.29, 1.82) is 0 Å². The first-order valence-electron chi connectivity index (χ1n) is 8.59. The second kappa shape index (κ2) is 8.78. The molecule has 2 amide bonds. The van der Waals surface area contributed by atoms with Crippen molar-refractivity contribution in [3.8, 4) is 0 Å². The highest BCUT2D eigenvalue weighted by Crippen LogP contribution is 2.15. The minimum Gasteiger partial charge on any atom is -0.337 e. The zero-order valence-electron chi connectivity index (χ0n) is 14.4. The van der Waals surface area contributed by atoms with Crippen LogP contribution in [-0.2, 0) is 4.79 Å². The van der Waals surface area contributed by atoms with Gasteiger partial charge in [0.05, 0.1) is 6.54 Å². The monoisotopic (exact) mass is 372 g/mol. The number of hydrogen-bond donors (Lipinski definition) is 1. The molecule has 7 heteroatoms. The van der Waals surface area contributed by atoms with Crippen LogP contribution < -0.4 is 5.32 Å². The van der Waals surface area contributed by atoms with Gasteiger partial charge in [0.15, 0.2) is 0 Å². The summed E-state index contributed by atoms with van der Waals surface area (Å²) in [4.78, 5) is 32.7. The zero-order chi connectivity index (χ0) is 18.4. The van der Waals surface area contributed by atoms with E-state index in [0.717, 1.165) is 13.0 Å². The molecule has 0 spiro atoms. The van der Waals surface area contributed by atoms with Gasteiger partial charge in [-0.25, -0.2) is 0 Å². The summed E-state index contributed by atoms with van der Waals surface area (Å²) in [6.45, 7) is 3.03. The summed E-state index contributed by atoms with van der Waals surface area (Å²) >= 11 is 5.93. The van der Waals surface area contributed by atoms with Crippen LogP contribution in [0.4, 0.5) is 5.69 Å². The topological polar surface area (TPSA) is 65.5 Å². The molecule has 2 heterocycles. The standard InChI is InChI=1S/C19H21ClN4O2/c20-16-3-1-4-17(13-16)22-18(25)14-23-9-2-10-24(12-11-23)19(26)15-5-7-21-8-6-15/h1,3-8,13H,2,9-12,14H2,(H,22,25). The Morgan fingerprint density at radius 1 is 1.08 bits per heavy atom. The predicted molar refractivity (Wildman–Crippen MR) is 101 cm³/mol. The summed E-state index contributed by atoms with van der Waals surface area (Å²) in [5.41, 5.74) is 1.33. The number of benzene rings is 1. The van der Waals surface area contributed by atoms with E-state index in [-0.39, 0.29) is 11.8 Å². The Morgan fingerprint density at radius 2 is 1.88 bits per heavy atom. The Labute approximate surface area is 157 Å². The van der Waals surface area contributed by atoms with Crippen LogP contribution in [0.5, 0.6) is 0 Å². The molecule has 0 unspecified atom stereocenters. The second-order valence-corrected chi connectivity index (χ2v) is 6.65. The zero-order valence-corrected chi connectivity index (χ0v) is 15.2. The van der Waals surface area contributed by atoms with E-state index in [9.17, 15) is 9.59 Å². The normalized spacial score (nSPS) is 15.3. The fourth-order valence-corrected chi connectivity index (χ4v) is 3.17. The van der Waals surface area contributed by atoms with E-state index >= 15 is 0 Å². The first kappa shape index (κ1) is 18.4. The first-order valence-corrected chi connectivity index (χ1v) is 8.97. The van der Waals surface area contributed by atoms with Gasteiger partial charge in [-0.1, -0.05) is 17.7 Å². The molecule has 1 aromatic carbocycles. The number of anilines is 1. The first-order chi connectivity index (χ1) is 12.6. The van der Waals surface area contributed by atoms with Crippen LogP contribution in [-0.4, -0.2) is 59.3 Å². The van der Waals surface area contributed by atoms with Crippen molar-refractivity contribution in [2.24, 2.45) is 0 Å². The minimum atomic E-state index is -0.0822. The van der Waals surface area contributed by atoms with Gasteiger partial charge in [0, 0.05) is 54.8 Å². The average Bonchev–Trinajstić information content (AvgIpc) is 2.87. The van der Waals surface area contributed by atoms with Gasteiger partial charge >= 0.3 is 0 Å². The number of amides is 2. The number of rotatable bonds is 4. The van der Waals surface area contributed by atoms with E-state index in [2.05, 4.69) is 15.2 Å². The van der Waals surface area contributed by atoms with Crippen molar-refractivity contribution in [2.45, 2.75) is 6.42 Å². The lowest BCUT2D eigenvalue weighted by atomic mass is 10.2. The van der Waals surface area contributed by atoms with E-state index in [1.165, 1.54) is 0 Å². The second-order valence-electron chi connectivity index (χ2n) is 6.22. The maximum atomic E-state index is 12.5. The average molecular weight is 373 g/mol. The molecule has 6 nitrogen and oxygen atoms in total. The van der Waals surface area contributed by atoms with Gasteiger partial charge in [-0.15, -0.1) is 0 Å². The molecule has 0 saturated carbocycles. The maximum absolute atomic E-state index is 12.5. The Balaban J connectivity index is 1.52. The van der Waals surface area contributed by atoms with Gasteiger partial charge < -0.3 is 10.2 Å². The number of halogens is 1. The lowest BCUT2D eigenvalue weighted by molar-refractivity contribution is -0.117. The van der Waals surface area contributed by atoms with Crippen LogP contribution in [0.2, 0.25) is 5.02 Å². The molecule has 2 aromatic rings. The number of carbonyl (C=O) groups excluding carboxylic acids is 2. The van der Waals surface area contributed by atoms with Gasteiger partial charge in [0.25, 0.3) is 5.91 Å². The third-order valence-electron chi connectivity index (χ3n) is 4.28. The molecule has 1 saturated heterocycles. The maximum Gasteiger partial charge on any atom is 0.254 e. The number of nitrogens with zero attached hydrogens (tertiary/aromatic N) is 3. The number of pyridine rings is 1. The van der Waals surface area contributed by atoms with Crippen molar-refractivity contribution >= 4 is 29.1 Å². The third-order valence-corrected chi connectivity index (χ3v) is 4.51. The van der Waals surface area contributed by atoms with Crippen LogP contribution in [0.3, 0.4) is 0 Å². The van der Waals surface area contributed by atoms with Crippen molar-refractivity contribution in [3.63, 3.8) is 0 Å². The Kier molecular flexibility index (Phi) is 6.20. The smallest absolute Gasteiger partial charge is 0.254 e. The van der Waals surface area contributed by atoms with Crippen LogP contribution in [0, 0.1) is 0 Å². The van der Waals surface area contributed by atoms with E-state index < -0.39 is 0 Å². The van der Waals surface area contributed by atoms with Gasteiger partial charge in [-0.3, -0.25) is 19.5 Å². The largest absolute Gasteiger partial charge is 0.337 e. The van der Waals surface area contributed by atoms with E-state index in [1.54, 1.807) is 48.8 Å². The van der Waals surface area contributed by atoms with Crippen LogP contribution >= 0.6 is 11.6 Å². The molecule has 1 aliphatic rings. The van der Waals surface area contributed by atoms with Crippen LogP contribution in [0.25, 0.3) is 0 Å². The van der Waals surface area contributed by atoms with E-state index in [1.807, 2.05) is 4.90 Å². The molecule has 3 rings (SSSR count). The lowest BCUT2D eigenvalue weighted by Gasteiger charge is -2.21.